The Hall–Kier alpha value is -1.94. The highest BCUT2D eigenvalue weighted by Gasteiger charge is 2.19. The predicted octanol–water partition coefficient (Wildman–Crippen LogP) is 2.24. The minimum absolute atomic E-state index is 0.183. The molecule has 19 heavy (non-hydrogen) atoms. The van der Waals surface area contributed by atoms with Crippen LogP contribution in [0.1, 0.15) is 16.8 Å². The van der Waals surface area contributed by atoms with Crippen LogP contribution in [0.4, 0.5) is 10.1 Å². The second kappa shape index (κ2) is 4.97. The van der Waals surface area contributed by atoms with E-state index in [0.29, 0.717) is 13.1 Å². The van der Waals surface area contributed by atoms with Gasteiger partial charge in [-0.3, -0.25) is 4.98 Å². The van der Waals surface area contributed by atoms with E-state index in [-0.39, 0.29) is 5.82 Å². The molecule has 0 amide bonds. The third-order valence-corrected chi connectivity index (χ3v) is 3.51. The summed E-state index contributed by atoms with van der Waals surface area (Å²) in [7, 11) is 0. The molecule has 1 aromatic heterocycles. The summed E-state index contributed by atoms with van der Waals surface area (Å²) in [6.45, 7) is 2.13. The Balaban J connectivity index is 1.80. The highest BCUT2D eigenvalue weighted by Crippen LogP contribution is 2.29. The van der Waals surface area contributed by atoms with Crippen molar-refractivity contribution >= 4 is 5.69 Å². The Morgan fingerprint density at radius 2 is 2.16 bits per heavy atom. The molecular weight excluding hydrogens is 241 g/mol. The van der Waals surface area contributed by atoms with E-state index >= 15 is 0 Å². The van der Waals surface area contributed by atoms with Crippen molar-refractivity contribution in [3.63, 3.8) is 0 Å². The SMILES string of the molecule is NCc1ccc(CN2CCc3ccc(F)cc32)nc1. The lowest BCUT2D eigenvalue weighted by atomic mass is 10.1. The predicted molar refractivity (Wildman–Crippen MR) is 73.3 cm³/mol. The van der Waals surface area contributed by atoms with Gasteiger partial charge in [-0.25, -0.2) is 4.39 Å². The van der Waals surface area contributed by atoms with Gasteiger partial charge in [0.15, 0.2) is 0 Å². The summed E-state index contributed by atoms with van der Waals surface area (Å²) in [6, 6.07) is 8.98. The number of pyridine rings is 1. The number of nitrogens with zero attached hydrogens (tertiary/aromatic N) is 2. The molecule has 0 bridgehead atoms. The summed E-state index contributed by atoms with van der Waals surface area (Å²) in [6.07, 6.45) is 2.77. The molecule has 98 valence electrons. The zero-order valence-electron chi connectivity index (χ0n) is 10.6. The minimum Gasteiger partial charge on any atom is -0.365 e. The summed E-state index contributed by atoms with van der Waals surface area (Å²) in [5, 5.41) is 0. The maximum atomic E-state index is 13.3. The van der Waals surface area contributed by atoms with Gasteiger partial charge in [-0.05, 0) is 35.7 Å². The zero-order valence-corrected chi connectivity index (χ0v) is 10.6. The standard InChI is InChI=1S/C15H16FN3/c16-13-3-2-12-5-6-19(15(12)7-13)10-14-4-1-11(8-17)9-18-14/h1-4,7,9H,5-6,8,10,17H2. The number of halogens is 1. The molecule has 2 heterocycles. The number of aromatic nitrogens is 1. The summed E-state index contributed by atoms with van der Waals surface area (Å²) < 4.78 is 13.3. The molecule has 0 aliphatic carbocycles. The average Bonchev–Trinajstić information content (AvgIpc) is 2.82. The molecule has 0 unspecified atom stereocenters. The van der Waals surface area contributed by atoms with Crippen molar-refractivity contribution in [1.82, 2.24) is 4.98 Å². The van der Waals surface area contributed by atoms with E-state index in [1.165, 1.54) is 11.6 Å². The van der Waals surface area contributed by atoms with Crippen molar-refractivity contribution in [1.29, 1.82) is 0 Å². The van der Waals surface area contributed by atoms with Crippen LogP contribution in [0, 0.1) is 5.82 Å². The Labute approximate surface area is 111 Å². The quantitative estimate of drug-likeness (QED) is 0.917. The Morgan fingerprint density at radius 3 is 2.89 bits per heavy atom. The van der Waals surface area contributed by atoms with E-state index in [4.69, 9.17) is 5.73 Å². The fourth-order valence-electron chi connectivity index (χ4n) is 2.45. The van der Waals surface area contributed by atoms with E-state index < -0.39 is 0 Å². The van der Waals surface area contributed by atoms with Crippen LogP contribution >= 0.6 is 0 Å². The van der Waals surface area contributed by atoms with Gasteiger partial charge in [-0.2, -0.15) is 0 Å². The zero-order chi connectivity index (χ0) is 13.2. The maximum Gasteiger partial charge on any atom is 0.125 e. The monoisotopic (exact) mass is 257 g/mol. The van der Waals surface area contributed by atoms with Gasteiger partial charge in [-0.1, -0.05) is 12.1 Å². The molecule has 0 spiro atoms. The van der Waals surface area contributed by atoms with Crippen LogP contribution in [0.3, 0.4) is 0 Å². The molecule has 0 fully saturated rings. The molecule has 0 saturated heterocycles. The number of hydrogen-bond acceptors (Lipinski definition) is 3. The highest BCUT2D eigenvalue weighted by atomic mass is 19.1. The Kier molecular flexibility index (Phi) is 3.17. The summed E-state index contributed by atoms with van der Waals surface area (Å²) in [5.41, 5.74) is 9.76. The lowest BCUT2D eigenvalue weighted by Crippen LogP contribution is -2.20. The lowest BCUT2D eigenvalue weighted by molar-refractivity contribution is 0.627. The van der Waals surface area contributed by atoms with Crippen LogP contribution in [-0.2, 0) is 19.5 Å². The normalized spacial score (nSPS) is 13.7. The smallest absolute Gasteiger partial charge is 0.125 e. The van der Waals surface area contributed by atoms with Gasteiger partial charge in [-0.15, -0.1) is 0 Å². The van der Waals surface area contributed by atoms with Crippen LogP contribution in [0.5, 0.6) is 0 Å². The van der Waals surface area contributed by atoms with Gasteiger partial charge in [0.1, 0.15) is 5.82 Å². The Morgan fingerprint density at radius 1 is 1.26 bits per heavy atom. The molecule has 1 aromatic carbocycles. The van der Waals surface area contributed by atoms with Gasteiger partial charge < -0.3 is 10.6 Å². The van der Waals surface area contributed by atoms with Crippen molar-refractivity contribution < 1.29 is 4.39 Å². The summed E-state index contributed by atoms with van der Waals surface area (Å²) in [5.74, 6) is -0.183. The van der Waals surface area contributed by atoms with E-state index in [1.54, 1.807) is 12.3 Å². The van der Waals surface area contributed by atoms with Crippen molar-refractivity contribution in [2.24, 2.45) is 5.73 Å². The highest BCUT2D eigenvalue weighted by molar-refractivity contribution is 5.58. The van der Waals surface area contributed by atoms with Crippen LogP contribution < -0.4 is 10.6 Å². The molecule has 3 nitrogen and oxygen atoms in total. The largest absolute Gasteiger partial charge is 0.365 e. The molecule has 0 saturated carbocycles. The maximum absolute atomic E-state index is 13.3. The number of benzene rings is 1. The lowest BCUT2D eigenvalue weighted by Gasteiger charge is -2.19. The van der Waals surface area contributed by atoms with E-state index in [1.807, 2.05) is 18.2 Å². The van der Waals surface area contributed by atoms with E-state index in [0.717, 1.165) is 29.9 Å². The van der Waals surface area contributed by atoms with E-state index in [9.17, 15) is 4.39 Å². The third-order valence-electron chi connectivity index (χ3n) is 3.51. The van der Waals surface area contributed by atoms with Crippen LogP contribution in [0.15, 0.2) is 36.5 Å². The molecule has 0 radical (unpaired) electrons. The first-order valence-corrected chi connectivity index (χ1v) is 6.43. The van der Waals surface area contributed by atoms with Crippen molar-refractivity contribution in [2.45, 2.75) is 19.5 Å². The summed E-state index contributed by atoms with van der Waals surface area (Å²) in [4.78, 5) is 6.56. The second-order valence-electron chi connectivity index (χ2n) is 4.81. The number of rotatable bonds is 3. The molecule has 3 rings (SSSR count). The first-order valence-electron chi connectivity index (χ1n) is 6.43. The van der Waals surface area contributed by atoms with Crippen LogP contribution in [0.25, 0.3) is 0 Å². The van der Waals surface area contributed by atoms with Gasteiger partial charge in [0, 0.05) is 25.0 Å². The average molecular weight is 257 g/mol. The number of nitrogens with two attached hydrogens (primary N) is 1. The van der Waals surface area contributed by atoms with Gasteiger partial charge in [0.05, 0.1) is 12.2 Å². The van der Waals surface area contributed by atoms with Gasteiger partial charge in [0.25, 0.3) is 0 Å². The first kappa shape index (κ1) is 12.1. The Bertz CT molecular complexity index is 580. The van der Waals surface area contributed by atoms with Crippen molar-refractivity contribution in [3.05, 3.63) is 59.2 Å². The van der Waals surface area contributed by atoms with Gasteiger partial charge >= 0.3 is 0 Å². The number of hydrogen-bond donors (Lipinski definition) is 1. The first-order chi connectivity index (χ1) is 9.26. The fourth-order valence-corrected chi connectivity index (χ4v) is 2.45. The molecule has 2 aromatic rings. The molecule has 2 N–H and O–H groups in total. The van der Waals surface area contributed by atoms with Gasteiger partial charge in [0.2, 0.25) is 0 Å². The van der Waals surface area contributed by atoms with Crippen molar-refractivity contribution in [2.75, 3.05) is 11.4 Å². The molecule has 4 heteroatoms. The molecule has 1 aliphatic heterocycles. The molecular formula is C15H16FN3. The minimum atomic E-state index is -0.183. The van der Waals surface area contributed by atoms with Crippen LogP contribution in [0.2, 0.25) is 0 Å². The number of fused-ring (bicyclic) bond motifs is 1. The molecule has 1 aliphatic rings. The molecule has 0 atom stereocenters. The second-order valence-corrected chi connectivity index (χ2v) is 4.81. The number of anilines is 1. The van der Waals surface area contributed by atoms with E-state index in [2.05, 4.69) is 9.88 Å². The fraction of sp³-hybridized carbons (Fsp3) is 0.267. The third kappa shape index (κ3) is 2.44. The summed E-state index contributed by atoms with van der Waals surface area (Å²) >= 11 is 0. The van der Waals surface area contributed by atoms with Crippen LogP contribution in [-0.4, -0.2) is 11.5 Å². The topological polar surface area (TPSA) is 42.1 Å². The van der Waals surface area contributed by atoms with Crippen molar-refractivity contribution in [3.8, 4) is 0 Å².